The molecule has 1 aliphatic heterocycles. The smallest absolute Gasteiger partial charge is 0.404 e. The minimum atomic E-state index is -0.984. The van der Waals surface area contributed by atoms with E-state index in [9.17, 15) is 9.18 Å². The Bertz CT molecular complexity index is 803. The van der Waals surface area contributed by atoms with Crippen LogP contribution in [0, 0.1) is 17.2 Å². The van der Waals surface area contributed by atoms with E-state index in [4.69, 9.17) is 5.11 Å². The first-order chi connectivity index (χ1) is 12.6. The van der Waals surface area contributed by atoms with Gasteiger partial charge in [0.2, 0.25) is 0 Å². The number of hydrogen-bond acceptors (Lipinski definition) is 3. The first-order valence-corrected chi connectivity index (χ1v) is 8.97. The average Bonchev–Trinajstić information content (AvgIpc) is 3.11. The van der Waals surface area contributed by atoms with Crippen LogP contribution < -0.4 is 10.6 Å². The molecule has 6 heteroatoms. The van der Waals surface area contributed by atoms with Crippen molar-refractivity contribution in [2.24, 2.45) is 11.3 Å². The summed E-state index contributed by atoms with van der Waals surface area (Å²) in [5.41, 5.74) is 3.12. The van der Waals surface area contributed by atoms with Gasteiger partial charge in [-0.2, -0.15) is 0 Å². The number of nitrogens with zero attached hydrogens (tertiary/aromatic N) is 1. The van der Waals surface area contributed by atoms with Gasteiger partial charge in [0, 0.05) is 30.9 Å². The van der Waals surface area contributed by atoms with Crippen molar-refractivity contribution < 1.29 is 14.3 Å². The molecule has 1 aromatic heterocycles. The molecule has 1 aliphatic carbocycles. The molecule has 2 aromatic rings. The van der Waals surface area contributed by atoms with Crippen molar-refractivity contribution in [1.82, 2.24) is 15.6 Å². The van der Waals surface area contributed by atoms with Crippen LogP contribution in [0.2, 0.25) is 0 Å². The van der Waals surface area contributed by atoms with Crippen molar-refractivity contribution in [1.29, 1.82) is 0 Å². The molecule has 4 rings (SSSR count). The summed E-state index contributed by atoms with van der Waals surface area (Å²) < 4.78 is 13.2. The molecule has 3 N–H and O–H groups in total. The van der Waals surface area contributed by atoms with Gasteiger partial charge in [-0.25, -0.2) is 9.18 Å². The quantitative estimate of drug-likeness (QED) is 0.787. The summed E-state index contributed by atoms with van der Waals surface area (Å²) in [6.07, 6.45) is 2.91. The van der Waals surface area contributed by atoms with Crippen LogP contribution in [-0.4, -0.2) is 35.8 Å². The number of rotatable bonds is 4. The van der Waals surface area contributed by atoms with E-state index >= 15 is 0 Å². The van der Waals surface area contributed by atoms with Crippen LogP contribution in [0.25, 0.3) is 11.1 Å². The SMILES string of the molecule is O=C(O)NCC1CC2(CCNC2)C1c1cc(-c2ccc(F)cc2)ccn1. The Morgan fingerprint density at radius 2 is 2.12 bits per heavy atom. The summed E-state index contributed by atoms with van der Waals surface area (Å²) in [7, 11) is 0. The Labute approximate surface area is 151 Å². The number of hydrogen-bond donors (Lipinski definition) is 3. The number of carboxylic acid groups (broad SMARTS) is 1. The minimum absolute atomic E-state index is 0.166. The number of amides is 1. The average molecular weight is 355 g/mol. The maximum Gasteiger partial charge on any atom is 0.404 e. The fourth-order valence-electron chi connectivity index (χ4n) is 4.71. The Hall–Kier alpha value is -2.47. The Balaban J connectivity index is 1.63. The normalized spacial score (nSPS) is 27.3. The van der Waals surface area contributed by atoms with E-state index in [0.717, 1.165) is 42.8 Å². The van der Waals surface area contributed by atoms with Crippen LogP contribution >= 0.6 is 0 Å². The molecule has 1 spiro atoms. The molecule has 1 saturated carbocycles. The maximum atomic E-state index is 13.2. The largest absolute Gasteiger partial charge is 0.465 e. The summed E-state index contributed by atoms with van der Waals surface area (Å²) in [5, 5.41) is 14.9. The van der Waals surface area contributed by atoms with Gasteiger partial charge in [-0.15, -0.1) is 0 Å². The molecule has 1 amide bonds. The highest BCUT2D eigenvalue weighted by Crippen LogP contribution is 2.59. The molecule has 1 aromatic carbocycles. The molecular weight excluding hydrogens is 333 g/mol. The summed E-state index contributed by atoms with van der Waals surface area (Å²) in [5.74, 6) is 0.226. The Morgan fingerprint density at radius 3 is 2.81 bits per heavy atom. The van der Waals surface area contributed by atoms with Gasteiger partial charge in [-0.05, 0) is 66.1 Å². The van der Waals surface area contributed by atoms with E-state index in [1.54, 1.807) is 18.3 Å². The molecular formula is C20H22FN3O2. The predicted molar refractivity (Wildman–Crippen MR) is 96.4 cm³/mol. The first kappa shape index (κ1) is 17.0. The zero-order valence-corrected chi connectivity index (χ0v) is 14.4. The highest BCUT2D eigenvalue weighted by atomic mass is 19.1. The third-order valence-electron chi connectivity index (χ3n) is 5.87. The van der Waals surface area contributed by atoms with Gasteiger partial charge in [0.05, 0.1) is 0 Å². The van der Waals surface area contributed by atoms with E-state index in [-0.39, 0.29) is 23.1 Å². The van der Waals surface area contributed by atoms with Gasteiger partial charge in [-0.3, -0.25) is 4.98 Å². The molecule has 26 heavy (non-hydrogen) atoms. The van der Waals surface area contributed by atoms with E-state index in [1.165, 1.54) is 12.1 Å². The van der Waals surface area contributed by atoms with E-state index in [0.29, 0.717) is 6.54 Å². The fraction of sp³-hybridized carbons (Fsp3) is 0.400. The topological polar surface area (TPSA) is 74.2 Å². The Kier molecular flexibility index (Phi) is 4.36. The van der Waals surface area contributed by atoms with E-state index in [1.807, 2.05) is 6.07 Å². The molecule has 3 atom stereocenters. The standard InChI is InChI=1S/C20H22FN3O2/c21-16-3-1-13(2-4-16)14-5-7-23-17(9-14)18-15(11-24-19(25)26)10-20(18)6-8-22-12-20/h1-5,7,9,15,18,22,24H,6,8,10-12H2,(H,25,26). The number of pyridine rings is 1. The van der Waals surface area contributed by atoms with Crippen molar-refractivity contribution in [3.05, 3.63) is 54.1 Å². The van der Waals surface area contributed by atoms with E-state index in [2.05, 4.69) is 21.7 Å². The monoisotopic (exact) mass is 355 g/mol. The van der Waals surface area contributed by atoms with Crippen LogP contribution in [0.5, 0.6) is 0 Å². The first-order valence-electron chi connectivity index (χ1n) is 8.97. The van der Waals surface area contributed by atoms with Gasteiger partial charge in [0.1, 0.15) is 5.82 Å². The molecule has 0 bridgehead atoms. The summed E-state index contributed by atoms with van der Waals surface area (Å²) in [6.45, 7) is 2.39. The van der Waals surface area contributed by atoms with Gasteiger partial charge in [-0.1, -0.05) is 12.1 Å². The number of benzene rings is 1. The van der Waals surface area contributed by atoms with Gasteiger partial charge in [0.25, 0.3) is 0 Å². The lowest BCUT2D eigenvalue weighted by molar-refractivity contribution is 0.0302. The highest BCUT2D eigenvalue weighted by molar-refractivity contribution is 5.65. The number of carbonyl (C=O) groups is 1. The molecule has 2 heterocycles. The molecule has 0 radical (unpaired) electrons. The van der Waals surface area contributed by atoms with Crippen LogP contribution in [0.3, 0.4) is 0 Å². The zero-order chi connectivity index (χ0) is 18.1. The van der Waals surface area contributed by atoms with E-state index < -0.39 is 6.09 Å². The van der Waals surface area contributed by atoms with Crippen molar-refractivity contribution >= 4 is 6.09 Å². The Morgan fingerprint density at radius 1 is 1.31 bits per heavy atom. The van der Waals surface area contributed by atoms with Crippen LogP contribution in [0.15, 0.2) is 42.6 Å². The third kappa shape index (κ3) is 3.05. The number of nitrogens with one attached hydrogen (secondary N) is 2. The predicted octanol–water partition coefficient (Wildman–Crippen LogP) is 3.24. The van der Waals surface area contributed by atoms with Crippen LogP contribution in [0.4, 0.5) is 9.18 Å². The second-order valence-electron chi connectivity index (χ2n) is 7.39. The molecule has 136 valence electrons. The zero-order valence-electron chi connectivity index (χ0n) is 14.4. The molecule has 5 nitrogen and oxygen atoms in total. The van der Waals surface area contributed by atoms with Crippen molar-refractivity contribution in [3.8, 4) is 11.1 Å². The maximum absolute atomic E-state index is 13.2. The fourth-order valence-corrected chi connectivity index (χ4v) is 4.71. The number of aromatic nitrogens is 1. The third-order valence-corrected chi connectivity index (χ3v) is 5.87. The second-order valence-corrected chi connectivity index (χ2v) is 7.39. The number of halogens is 1. The van der Waals surface area contributed by atoms with Crippen molar-refractivity contribution in [2.45, 2.75) is 18.8 Å². The second kappa shape index (κ2) is 6.68. The van der Waals surface area contributed by atoms with Gasteiger partial charge < -0.3 is 15.7 Å². The van der Waals surface area contributed by atoms with Crippen molar-refractivity contribution in [3.63, 3.8) is 0 Å². The summed E-state index contributed by atoms with van der Waals surface area (Å²) in [4.78, 5) is 15.5. The molecule has 3 unspecified atom stereocenters. The minimum Gasteiger partial charge on any atom is -0.465 e. The lowest BCUT2D eigenvalue weighted by Crippen LogP contribution is -2.51. The van der Waals surface area contributed by atoms with Crippen molar-refractivity contribution in [2.75, 3.05) is 19.6 Å². The summed E-state index contributed by atoms with van der Waals surface area (Å²) >= 11 is 0. The molecule has 1 saturated heterocycles. The summed E-state index contributed by atoms with van der Waals surface area (Å²) in [6, 6.07) is 10.5. The lowest BCUT2D eigenvalue weighted by Gasteiger charge is -2.53. The van der Waals surface area contributed by atoms with Gasteiger partial charge >= 0.3 is 6.09 Å². The van der Waals surface area contributed by atoms with Crippen LogP contribution in [0.1, 0.15) is 24.5 Å². The highest BCUT2D eigenvalue weighted by Gasteiger charge is 2.55. The molecule has 2 aliphatic rings. The lowest BCUT2D eigenvalue weighted by atomic mass is 9.52. The van der Waals surface area contributed by atoms with Crippen LogP contribution in [-0.2, 0) is 0 Å². The van der Waals surface area contributed by atoms with Gasteiger partial charge in [0.15, 0.2) is 0 Å². The molecule has 2 fully saturated rings.